The first-order valence-electron chi connectivity index (χ1n) is 4.50. The van der Waals surface area contributed by atoms with Crippen molar-refractivity contribution in [2.45, 2.75) is 45.6 Å². The monoisotopic (exact) mass is 184 g/mol. The first-order valence-corrected chi connectivity index (χ1v) is 4.50. The van der Waals surface area contributed by atoms with Crippen LogP contribution in [0.15, 0.2) is 0 Å². The van der Waals surface area contributed by atoms with Crippen molar-refractivity contribution in [2.24, 2.45) is 5.41 Å². The largest absolute Gasteiger partial charge is 0.461 e. The molecule has 0 bridgehead atoms. The number of rotatable bonds is 2. The predicted molar refractivity (Wildman–Crippen MR) is 48.2 cm³/mol. The molecule has 1 unspecified atom stereocenters. The second-order valence-corrected chi connectivity index (χ2v) is 4.90. The Morgan fingerprint density at radius 2 is 1.92 bits per heavy atom. The molecule has 0 aliphatic heterocycles. The van der Waals surface area contributed by atoms with E-state index < -0.39 is 5.60 Å². The van der Waals surface area contributed by atoms with E-state index in [2.05, 4.69) is 0 Å². The molecular formula is C10H16O3. The standard InChI is InChI=1S/C10H16O3/c1-9(2)4-8(12)5-10(3,6-9)13-7-11/h7H,4-6H2,1-3H3. The van der Waals surface area contributed by atoms with Gasteiger partial charge in [-0.3, -0.25) is 9.59 Å². The Bertz CT molecular complexity index is 232. The Balaban J connectivity index is 2.77. The Morgan fingerprint density at radius 3 is 2.38 bits per heavy atom. The van der Waals surface area contributed by atoms with Gasteiger partial charge in [-0.1, -0.05) is 13.8 Å². The quantitative estimate of drug-likeness (QED) is 0.613. The molecule has 0 radical (unpaired) electrons. The van der Waals surface area contributed by atoms with Crippen molar-refractivity contribution in [1.29, 1.82) is 0 Å². The summed E-state index contributed by atoms with van der Waals surface area (Å²) >= 11 is 0. The number of Topliss-reactive ketones (excluding diaryl/α,β-unsaturated/α-hetero) is 1. The van der Waals surface area contributed by atoms with E-state index in [1.807, 2.05) is 20.8 Å². The van der Waals surface area contributed by atoms with Crippen LogP contribution in [-0.2, 0) is 14.3 Å². The summed E-state index contributed by atoms with van der Waals surface area (Å²) in [7, 11) is 0. The first-order chi connectivity index (χ1) is 5.87. The summed E-state index contributed by atoms with van der Waals surface area (Å²) in [6, 6.07) is 0. The molecule has 0 aromatic carbocycles. The van der Waals surface area contributed by atoms with Gasteiger partial charge >= 0.3 is 0 Å². The molecule has 1 fully saturated rings. The van der Waals surface area contributed by atoms with Gasteiger partial charge in [0.15, 0.2) is 0 Å². The Kier molecular flexibility index (Phi) is 2.46. The molecule has 0 heterocycles. The lowest BCUT2D eigenvalue weighted by molar-refractivity contribution is -0.153. The van der Waals surface area contributed by atoms with Crippen LogP contribution in [0, 0.1) is 5.41 Å². The summed E-state index contributed by atoms with van der Waals surface area (Å²) in [4.78, 5) is 21.6. The average molecular weight is 184 g/mol. The van der Waals surface area contributed by atoms with E-state index in [9.17, 15) is 9.59 Å². The molecule has 0 spiro atoms. The van der Waals surface area contributed by atoms with Crippen LogP contribution in [0.5, 0.6) is 0 Å². The molecule has 1 aliphatic carbocycles. The molecule has 0 amide bonds. The zero-order chi connectivity index (χ0) is 10.1. The van der Waals surface area contributed by atoms with Crippen molar-refractivity contribution in [3.05, 3.63) is 0 Å². The summed E-state index contributed by atoms with van der Waals surface area (Å²) in [6.45, 7) is 6.31. The number of ether oxygens (including phenoxy) is 1. The van der Waals surface area contributed by atoms with E-state index in [4.69, 9.17) is 4.74 Å². The molecule has 13 heavy (non-hydrogen) atoms. The summed E-state index contributed by atoms with van der Waals surface area (Å²) in [5.41, 5.74) is -0.631. The van der Waals surface area contributed by atoms with Crippen molar-refractivity contribution in [1.82, 2.24) is 0 Å². The fourth-order valence-corrected chi connectivity index (χ4v) is 2.35. The topological polar surface area (TPSA) is 43.4 Å². The third kappa shape index (κ3) is 2.54. The Morgan fingerprint density at radius 1 is 1.31 bits per heavy atom. The van der Waals surface area contributed by atoms with E-state index in [0.717, 1.165) is 6.42 Å². The second-order valence-electron chi connectivity index (χ2n) is 4.90. The Labute approximate surface area is 78.5 Å². The van der Waals surface area contributed by atoms with Crippen molar-refractivity contribution in [3.63, 3.8) is 0 Å². The molecule has 3 heteroatoms. The van der Waals surface area contributed by atoms with E-state index in [-0.39, 0.29) is 11.2 Å². The van der Waals surface area contributed by atoms with E-state index in [0.29, 0.717) is 19.3 Å². The number of hydrogen-bond donors (Lipinski definition) is 0. The molecule has 1 rings (SSSR count). The van der Waals surface area contributed by atoms with E-state index in [1.54, 1.807) is 0 Å². The van der Waals surface area contributed by atoms with Crippen molar-refractivity contribution < 1.29 is 14.3 Å². The van der Waals surface area contributed by atoms with Gasteiger partial charge in [0.25, 0.3) is 6.47 Å². The smallest absolute Gasteiger partial charge is 0.293 e. The normalized spacial score (nSPS) is 32.7. The van der Waals surface area contributed by atoms with Gasteiger partial charge in [0.1, 0.15) is 11.4 Å². The fraction of sp³-hybridized carbons (Fsp3) is 0.800. The van der Waals surface area contributed by atoms with Crippen LogP contribution in [0.25, 0.3) is 0 Å². The zero-order valence-corrected chi connectivity index (χ0v) is 8.42. The zero-order valence-electron chi connectivity index (χ0n) is 8.42. The molecule has 74 valence electrons. The lowest BCUT2D eigenvalue weighted by Crippen LogP contribution is -2.42. The van der Waals surface area contributed by atoms with Crippen molar-refractivity contribution in [3.8, 4) is 0 Å². The highest BCUT2D eigenvalue weighted by Gasteiger charge is 2.41. The van der Waals surface area contributed by atoms with Gasteiger partial charge in [0.05, 0.1) is 0 Å². The molecule has 1 saturated carbocycles. The number of ketones is 1. The van der Waals surface area contributed by atoms with Crippen molar-refractivity contribution in [2.75, 3.05) is 0 Å². The van der Waals surface area contributed by atoms with Gasteiger partial charge in [0.2, 0.25) is 0 Å². The minimum absolute atomic E-state index is 0.0485. The minimum Gasteiger partial charge on any atom is -0.461 e. The van der Waals surface area contributed by atoms with Crippen LogP contribution in [0.2, 0.25) is 0 Å². The first kappa shape index (κ1) is 10.2. The third-order valence-corrected chi connectivity index (χ3v) is 2.43. The van der Waals surface area contributed by atoms with Crippen LogP contribution < -0.4 is 0 Å². The average Bonchev–Trinajstić information content (AvgIpc) is 1.78. The SMILES string of the molecule is CC1(C)CC(=O)CC(C)(OC=O)C1. The van der Waals surface area contributed by atoms with Gasteiger partial charge in [-0.2, -0.15) is 0 Å². The van der Waals surface area contributed by atoms with Crippen LogP contribution in [0.1, 0.15) is 40.0 Å². The fourth-order valence-electron chi connectivity index (χ4n) is 2.35. The highest BCUT2D eigenvalue weighted by molar-refractivity contribution is 5.81. The van der Waals surface area contributed by atoms with Gasteiger partial charge < -0.3 is 4.74 Å². The van der Waals surface area contributed by atoms with Gasteiger partial charge in [-0.05, 0) is 18.8 Å². The molecule has 0 aromatic rings. The molecule has 1 atom stereocenters. The predicted octanol–water partition coefficient (Wildman–Crippen LogP) is 1.70. The molecule has 0 aromatic heterocycles. The summed E-state index contributed by atoms with van der Waals surface area (Å²) in [5, 5.41) is 0. The van der Waals surface area contributed by atoms with Crippen LogP contribution in [-0.4, -0.2) is 17.9 Å². The second kappa shape index (κ2) is 3.13. The van der Waals surface area contributed by atoms with Crippen LogP contribution in [0.3, 0.4) is 0 Å². The third-order valence-electron chi connectivity index (χ3n) is 2.43. The number of carbonyl (C=O) groups is 2. The maximum absolute atomic E-state index is 11.4. The minimum atomic E-state index is -0.583. The Hall–Kier alpha value is -0.860. The molecular weight excluding hydrogens is 168 g/mol. The molecule has 1 aliphatic rings. The molecule has 3 nitrogen and oxygen atoms in total. The van der Waals surface area contributed by atoms with Gasteiger partial charge in [0, 0.05) is 12.8 Å². The highest BCUT2D eigenvalue weighted by atomic mass is 16.5. The molecule has 0 N–H and O–H groups in total. The lowest BCUT2D eigenvalue weighted by atomic mass is 9.70. The van der Waals surface area contributed by atoms with Gasteiger partial charge in [-0.15, -0.1) is 0 Å². The summed E-state index contributed by atoms with van der Waals surface area (Å²) in [6.07, 6.45) is 1.70. The maximum Gasteiger partial charge on any atom is 0.293 e. The lowest BCUT2D eigenvalue weighted by Gasteiger charge is -2.40. The maximum atomic E-state index is 11.4. The number of hydrogen-bond acceptors (Lipinski definition) is 3. The van der Waals surface area contributed by atoms with E-state index >= 15 is 0 Å². The molecule has 0 saturated heterocycles. The van der Waals surface area contributed by atoms with Crippen molar-refractivity contribution >= 4 is 12.3 Å². The number of carbonyl (C=O) groups excluding carboxylic acids is 2. The van der Waals surface area contributed by atoms with E-state index in [1.165, 1.54) is 0 Å². The van der Waals surface area contributed by atoms with Crippen LogP contribution in [0.4, 0.5) is 0 Å². The summed E-state index contributed by atoms with van der Waals surface area (Å²) in [5.74, 6) is 0.181. The van der Waals surface area contributed by atoms with Crippen LogP contribution >= 0.6 is 0 Å². The highest BCUT2D eigenvalue weighted by Crippen LogP contribution is 2.40. The van der Waals surface area contributed by atoms with Gasteiger partial charge in [-0.25, -0.2) is 0 Å². The summed E-state index contributed by atoms with van der Waals surface area (Å²) < 4.78 is 4.97.